The van der Waals surface area contributed by atoms with Gasteiger partial charge in [-0.05, 0) is 56.9 Å². The summed E-state index contributed by atoms with van der Waals surface area (Å²) in [6.45, 7) is 6.82. The van der Waals surface area contributed by atoms with Crippen LogP contribution in [0.3, 0.4) is 0 Å². The van der Waals surface area contributed by atoms with E-state index in [4.69, 9.17) is 19.3 Å². The van der Waals surface area contributed by atoms with Crippen LogP contribution in [0, 0.1) is 5.92 Å². The first-order valence-electron chi connectivity index (χ1n) is 10.8. The van der Waals surface area contributed by atoms with E-state index in [-0.39, 0.29) is 24.0 Å². The van der Waals surface area contributed by atoms with Crippen LogP contribution in [-0.2, 0) is 14.2 Å². The first-order chi connectivity index (χ1) is 15.2. The zero-order chi connectivity index (χ0) is 22.9. The van der Waals surface area contributed by atoms with Crippen molar-refractivity contribution in [1.29, 1.82) is 0 Å². The Labute approximate surface area is 187 Å². The number of allylic oxidation sites excluding steroid dienone is 4. The highest BCUT2D eigenvalue weighted by atomic mass is 16.7. The van der Waals surface area contributed by atoms with Gasteiger partial charge < -0.3 is 24.2 Å². The zero-order valence-corrected chi connectivity index (χ0v) is 18.5. The number of amides is 1. The van der Waals surface area contributed by atoms with Gasteiger partial charge in [-0.1, -0.05) is 12.1 Å². The van der Waals surface area contributed by atoms with Crippen LogP contribution in [0.5, 0.6) is 0 Å². The highest BCUT2D eigenvalue weighted by Gasteiger charge is 2.35. The van der Waals surface area contributed by atoms with Crippen molar-refractivity contribution in [3.63, 3.8) is 0 Å². The molecule has 3 heterocycles. The fraction of sp³-hybridized carbons (Fsp3) is 0.458. The maximum atomic E-state index is 12.3. The lowest BCUT2D eigenvalue weighted by molar-refractivity contribution is -0.132. The third-order valence-corrected chi connectivity index (χ3v) is 5.65. The minimum atomic E-state index is -1.05. The normalized spacial score (nSPS) is 21.3. The smallest absolute Gasteiger partial charge is 0.410 e. The lowest BCUT2D eigenvalue weighted by Gasteiger charge is -2.38. The van der Waals surface area contributed by atoms with E-state index in [1.165, 1.54) is 6.07 Å². The van der Waals surface area contributed by atoms with Crippen LogP contribution < -0.4 is 0 Å². The summed E-state index contributed by atoms with van der Waals surface area (Å²) < 4.78 is 17.5. The molecule has 1 N–H and O–H groups in total. The van der Waals surface area contributed by atoms with Crippen molar-refractivity contribution in [3.8, 4) is 0 Å². The van der Waals surface area contributed by atoms with Gasteiger partial charge in [0.2, 0.25) is 6.29 Å². The molecule has 0 radical (unpaired) electrons. The number of fused-ring (bicyclic) bond motifs is 1. The molecule has 1 fully saturated rings. The Kier molecular flexibility index (Phi) is 5.95. The molecule has 1 aromatic rings. The second kappa shape index (κ2) is 8.68. The molecule has 32 heavy (non-hydrogen) atoms. The number of hydrogen-bond acceptors (Lipinski definition) is 6. The standard InChI is InChI=1S/C24H28N2O6/c1-24(2,3)32-23(29)26-10-8-15(9-11-26)22-30-14-18-12-16(5-7-20(18)31-22)17-4-6-19(21(27)28)25-13-17/h4-7,13-15,22H,8-12H2,1-3H3,(H,27,28). The van der Waals surface area contributed by atoms with Gasteiger partial charge in [-0.15, -0.1) is 0 Å². The number of nitrogens with zero attached hydrogens (tertiary/aromatic N) is 2. The third kappa shape index (κ3) is 4.95. The highest BCUT2D eigenvalue weighted by Crippen LogP contribution is 2.37. The average molecular weight is 440 g/mol. The largest absolute Gasteiger partial charge is 0.477 e. The van der Waals surface area contributed by atoms with Gasteiger partial charge in [0.25, 0.3) is 0 Å². The van der Waals surface area contributed by atoms with Crippen LogP contribution in [0.2, 0.25) is 0 Å². The lowest BCUT2D eigenvalue weighted by Crippen LogP contribution is -2.44. The Hall–Kier alpha value is -3.29. The van der Waals surface area contributed by atoms with Gasteiger partial charge in [0, 0.05) is 37.2 Å². The van der Waals surface area contributed by atoms with Gasteiger partial charge in [-0.25, -0.2) is 14.6 Å². The number of carboxylic acid groups (broad SMARTS) is 1. The fourth-order valence-corrected chi connectivity index (χ4v) is 3.95. The minimum Gasteiger partial charge on any atom is -0.477 e. The molecule has 2 aliphatic heterocycles. The highest BCUT2D eigenvalue weighted by molar-refractivity contribution is 5.85. The Morgan fingerprint density at radius 2 is 1.91 bits per heavy atom. The summed E-state index contributed by atoms with van der Waals surface area (Å²) in [6, 6.07) is 3.26. The van der Waals surface area contributed by atoms with Crippen molar-refractivity contribution in [2.75, 3.05) is 13.1 Å². The maximum absolute atomic E-state index is 12.3. The van der Waals surface area contributed by atoms with E-state index >= 15 is 0 Å². The summed E-state index contributed by atoms with van der Waals surface area (Å²) in [5, 5.41) is 9.00. The molecule has 1 saturated heterocycles. The first kappa shape index (κ1) is 21.9. The van der Waals surface area contributed by atoms with Crippen molar-refractivity contribution in [2.45, 2.75) is 51.9 Å². The number of hydrogen-bond donors (Lipinski definition) is 1. The molecule has 0 bridgehead atoms. The number of carbonyl (C=O) groups excluding carboxylic acids is 1. The lowest BCUT2D eigenvalue weighted by atomic mass is 9.92. The minimum absolute atomic E-state index is 0.0190. The fourth-order valence-electron chi connectivity index (χ4n) is 3.95. The number of piperidine rings is 1. The van der Waals surface area contributed by atoms with E-state index in [1.54, 1.807) is 23.4 Å². The van der Waals surface area contributed by atoms with E-state index in [2.05, 4.69) is 4.98 Å². The van der Waals surface area contributed by atoms with Crippen molar-refractivity contribution in [2.24, 2.45) is 5.92 Å². The van der Waals surface area contributed by atoms with Crippen molar-refractivity contribution >= 4 is 17.6 Å². The number of aromatic nitrogens is 1. The van der Waals surface area contributed by atoms with E-state index in [0.717, 1.165) is 35.3 Å². The van der Waals surface area contributed by atoms with Crippen molar-refractivity contribution in [1.82, 2.24) is 9.88 Å². The molecule has 1 unspecified atom stereocenters. The van der Waals surface area contributed by atoms with Gasteiger partial charge in [-0.3, -0.25) is 0 Å². The summed E-state index contributed by atoms with van der Waals surface area (Å²) in [5.74, 6) is -0.0728. The SMILES string of the molecule is CC(C)(C)OC(=O)N1CCC(C2OC=C3CC(c4ccc(C(=O)O)nc4)=CC=C3O2)CC1. The number of rotatable bonds is 3. The summed E-state index contributed by atoms with van der Waals surface area (Å²) in [5.41, 5.74) is 2.33. The molecule has 4 rings (SSSR count). The van der Waals surface area contributed by atoms with Crippen LogP contribution in [-0.4, -0.2) is 52.0 Å². The van der Waals surface area contributed by atoms with E-state index < -0.39 is 11.6 Å². The van der Waals surface area contributed by atoms with Crippen LogP contribution in [0.1, 0.15) is 56.1 Å². The molecule has 1 atom stereocenters. The average Bonchev–Trinajstić information content (AvgIpc) is 2.77. The number of ether oxygens (including phenoxy) is 3. The number of carboxylic acids is 1. The Morgan fingerprint density at radius 3 is 2.53 bits per heavy atom. The van der Waals surface area contributed by atoms with Crippen LogP contribution >= 0.6 is 0 Å². The molecule has 0 aromatic carbocycles. The summed E-state index contributed by atoms with van der Waals surface area (Å²) in [4.78, 5) is 29.0. The molecule has 3 aliphatic rings. The van der Waals surface area contributed by atoms with Crippen LogP contribution in [0.15, 0.2) is 48.1 Å². The van der Waals surface area contributed by atoms with E-state index in [1.807, 2.05) is 32.9 Å². The molecule has 170 valence electrons. The third-order valence-electron chi connectivity index (χ3n) is 5.65. The van der Waals surface area contributed by atoms with Crippen molar-refractivity contribution < 1.29 is 28.9 Å². The Morgan fingerprint density at radius 1 is 1.16 bits per heavy atom. The van der Waals surface area contributed by atoms with Gasteiger partial charge in [0.15, 0.2) is 0 Å². The number of likely N-dealkylation sites (tertiary alicyclic amines) is 1. The number of carbonyl (C=O) groups is 2. The molecule has 1 amide bonds. The maximum Gasteiger partial charge on any atom is 0.410 e. The monoisotopic (exact) mass is 440 g/mol. The molecule has 0 saturated carbocycles. The van der Waals surface area contributed by atoms with Gasteiger partial charge in [0.1, 0.15) is 17.1 Å². The first-order valence-corrected chi connectivity index (χ1v) is 10.8. The Balaban J connectivity index is 1.36. The van der Waals surface area contributed by atoms with Crippen LogP contribution in [0.4, 0.5) is 4.79 Å². The summed E-state index contributed by atoms with van der Waals surface area (Å²) in [6.07, 6.45) is 8.74. The van der Waals surface area contributed by atoms with Gasteiger partial charge >= 0.3 is 12.1 Å². The molecule has 1 aliphatic carbocycles. The predicted octanol–water partition coefficient (Wildman–Crippen LogP) is 4.35. The number of aromatic carboxylic acids is 1. The Bertz CT molecular complexity index is 979. The van der Waals surface area contributed by atoms with E-state index in [9.17, 15) is 9.59 Å². The molecule has 0 spiro atoms. The second-order valence-electron chi connectivity index (χ2n) is 9.21. The molecule has 8 nitrogen and oxygen atoms in total. The van der Waals surface area contributed by atoms with Gasteiger partial charge in [-0.2, -0.15) is 0 Å². The topological polar surface area (TPSA) is 98.2 Å². The number of pyridine rings is 1. The molecule has 8 heteroatoms. The molecule has 1 aromatic heterocycles. The quantitative estimate of drug-likeness (QED) is 0.746. The van der Waals surface area contributed by atoms with Gasteiger partial charge in [0.05, 0.1) is 6.26 Å². The molecular weight excluding hydrogens is 412 g/mol. The van der Waals surface area contributed by atoms with Crippen molar-refractivity contribution in [3.05, 3.63) is 59.3 Å². The van der Waals surface area contributed by atoms with E-state index in [0.29, 0.717) is 19.5 Å². The molecular formula is C24H28N2O6. The second-order valence-corrected chi connectivity index (χ2v) is 9.21. The predicted molar refractivity (Wildman–Crippen MR) is 116 cm³/mol. The van der Waals surface area contributed by atoms with Crippen LogP contribution in [0.25, 0.3) is 5.57 Å². The zero-order valence-electron chi connectivity index (χ0n) is 18.5. The summed E-state index contributed by atoms with van der Waals surface area (Å²) >= 11 is 0. The summed E-state index contributed by atoms with van der Waals surface area (Å²) in [7, 11) is 0.